The monoisotopic (exact) mass is 273 g/mol. The summed E-state index contributed by atoms with van der Waals surface area (Å²) in [7, 11) is -3.41. The van der Waals surface area contributed by atoms with Crippen molar-refractivity contribution < 1.29 is 8.42 Å². The summed E-state index contributed by atoms with van der Waals surface area (Å²) < 4.78 is 26.1. The molecule has 0 unspecified atom stereocenters. The van der Waals surface area contributed by atoms with Crippen LogP contribution in [-0.2, 0) is 16.6 Å². The molecule has 0 saturated heterocycles. The van der Waals surface area contributed by atoms with E-state index in [9.17, 15) is 8.42 Å². The van der Waals surface area contributed by atoms with Gasteiger partial charge in [0, 0.05) is 12.0 Å². The molecule has 0 fully saturated rings. The lowest BCUT2D eigenvalue weighted by atomic mass is 10.2. The molecule has 0 radical (unpaired) electrons. The quantitative estimate of drug-likeness (QED) is 0.910. The van der Waals surface area contributed by atoms with Gasteiger partial charge in [0.15, 0.2) is 0 Å². The van der Waals surface area contributed by atoms with Gasteiger partial charge in [0.1, 0.15) is 0 Å². The van der Waals surface area contributed by atoms with Crippen molar-refractivity contribution in [1.82, 2.24) is 4.72 Å². The first-order chi connectivity index (χ1) is 9.16. The normalized spacial score (nSPS) is 11.8. The number of hydrogen-bond donors (Lipinski definition) is 1. The van der Waals surface area contributed by atoms with E-state index < -0.39 is 10.0 Å². The fraction of sp³-hybridized carbons (Fsp3) is 0.0667. The zero-order chi connectivity index (χ0) is 13.6. The van der Waals surface area contributed by atoms with E-state index in [2.05, 4.69) is 4.72 Å². The maximum Gasteiger partial charge on any atom is 0.234 e. The van der Waals surface area contributed by atoms with E-state index in [4.69, 9.17) is 0 Å². The third kappa shape index (κ3) is 4.69. The molecular formula is C15H15NO2S. The van der Waals surface area contributed by atoms with Crippen LogP contribution in [0.1, 0.15) is 11.1 Å². The van der Waals surface area contributed by atoms with Gasteiger partial charge in [0.2, 0.25) is 10.0 Å². The average molecular weight is 273 g/mol. The van der Waals surface area contributed by atoms with Gasteiger partial charge >= 0.3 is 0 Å². The third-order valence-corrected chi connectivity index (χ3v) is 3.60. The Morgan fingerprint density at radius 1 is 0.895 bits per heavy atom. The minimum atomic E-state index is -3.41. The van der Waals surface area contributed by atoms with Crippen LogP contribution in [-0.4, -0.2) is 8.42 Å². The predicted molar refractivity (Wildman–Crippen MR) is 77.7 cm³/mol. The van der Waals surface area contributed by atoms with Crippen molar-refractivity contribution in [2.24, 2.45) is 0 Å². The molecule has 0 amide bonds. The Labute approximate surface area is 113 Å². The van der Waals surface area contributed by atoms with E-state index in [1.807, 2.05) is 60.7 Å². The Kier molecular flexibility index (Phi) is 4.49. The molecule has 0 heterocycles. The van der Waals surface area contributed by atoms with Gasteiger partial charge in [-0.25, -0.2) is 13.1 Å². The van der Waals surface area contributed by atoms with E-state index in [0.717, 1.165) is 11.1 Å². The van der Waals surface area contributed by atoms with Gasteiger partial charge in [0.25, 0.3) is 0 Å². The fourth-order valence-electron chi connectivity index (χ4n) is 1.56. The largest absolute Gasteiger partial charge is 0.234 e. The van der Waals surface area contributed by atoms with Crippen LogP contribution in [0, 0.1) is 0 Å². The van der Waals surface area contributed by atoms with Gasteiger partial charge < -0.3 is 0 Å². The second-order valence-electron chi connectivity index (χ2n) is 4.07. The number of benzene rings is 2. The molecule has 0 aliphatic rings. The summed E-state index contributed by atoms with van der Waals surface area (Å²) in [5, 5.41) is 1.19. The molecule has 2 aromatic carbocycles. The lowest BCUT2D eigenvalue weighted by Gasteiger charge is -2.02. The summed E-state index contributed by atoms with van der Waals surface area (Å²) in [5.41, 5.74) is 1.78. The van der Waals surface area contributed by atoms with Crippen LogP contribution in [0.4, 0.5) is 0 Å². The van der Waals surface area contributed by atoms with Crippen molar-refractivity contribution in [2.45, 2.75) is 6.54 Å². The number of nitrogens with one attached hydrogen (secondary N) is 1. The van der Waals surface area contributed by atoms with Crippen LogP contribution in [0.25, 0.3) is 6.08 Å². The smallest absolute Gasteiger partial charge is 0.208 e. The molecule has 1 N–H and O–H groups in total. The van der Waals surface area contributed by atoms with Gasteiger partial charge in [0.05, 0.1) is 0 Å². The van der Waals surface area contributed by atoms with E-state index in [1.54, 1.807) is 6.08 Å². The average Bonchev–Trinajstić information content (AvgIpc) is 2.46. The summed E-state index contributed by atoms with van der Waals surface area (Å²) in [6.07, 6.45) is 1.58. The SMILES string of the molecule is O=S(=O)(C=Cc1ccccc1)NCc1ccccc1. The van der Waals surface area contributed by atoms with E-state index in [0.29, 0.717) is 6.54 Å². The van der Waals surface area contributed by atoms with Crippen LogP contribution < -0.4 is 4.72 Å². The highest BCUT2D eigenvalue weighted by Gasteiger charge is 2.04. The van der Waals surface area contributed by atoms with Crippen molar-refractivity contribution >= 4 is 16.1 Å². The Hall–Kier alpha value is -1.91. The molecule has 0 spiro atoms. The summed E-state index contributed by atoms with van der Waals surface area (Å²) in [6.45, 7) is 0.294. The molecular weight excluding hydrogens is 258 g/mol. The minimum absolute atomic E-state index is 0.294. The van der Waals surface area contributed by atoms with Gasteiger partial charge in [-0.05, 0) is 17.2 Å². The first kappa shape index (κ1) is 13.5. The summed E-state index contributed by atoms with van der Waals surface area (Å²) in [6, 6.07) is 18.7. The van der Waals surface area contributed by atoms with Crippen molar-refractivity contribution in [1.29, 1.82) is 0 Å². The van der Waals surface area contributed by atoms with Gasteiger partial charge in [-0.1, -0.05) is 60.7 Å². The molecule has 0 aliphatic carbocycles. The first-order valence-electron chi connectivity index (χ1n) is 5.92. The molecule has 0 saturated carbocycles. The molecule has 4 heteroatoms. The number of hydrogen-bond acceptors (Lipinski definition) is 2. The maximum atomic E-state index is 11.8. The highest BCUT2D eigenvalue weighted by molar-refractivity contribution is 7.92. The highest BCUT2D eigenvalue weighted by atomic mass is 32.2. The minimum Gasteiger partial charge on any atom is -0.208 e. The summed E-state index contributed by atoms with van der Waals surface area (Å²) in [4.78, 5) is 0. The molecule has 19 heavy (non-hydrogen) atoms. The van der Waals surface area contributed by atoms with Gasteiger partial charge in [-0.15, -0.1) is 0 Å². The molecule has 0 bridgehead atoms. The number of sulfonamides is 1. The third-order valence-electron chi connectivity index (χ3n) is 2.56. The molecule has 0 atom stereocenters. The second kappa shape index (κ2) is 6.31. The Bertz CT molecular complexity index is 634. The molecule has 0 aliphatic heterocycles. The van der Waals surface area contributed by atoms with E-state index in [1.165, 1.54) is 5.41 Å². The molecule has 2 rings (SSSR count). The van der Waals surface area contributed by atoms with Crippen LogP contribution >= 0.6 is 0 Å². The maximum absolute atomic E-state index is 11.8. The zero-order valence-electron chi connectivity index (χ0n) is 10.4. The van der Waals surface area contributed by atoms with Crippen LogP contribution in [0.5, 0.6) is 0 Å². The Morgan fingerprint density at radius 3 is 2.11 bits per heavy atom. The first-order valence-corrected chi connectivity index (χ1v) is 7.47. The van der Waals surface area contributed by atoms with Crippen LogP contribution in [0.3, 0.4) is 0 Å². The second-order valence-corrected chi connectivity index (χ2v) is 5.72. The van der Waals surface area contributed by atoms with Gasteiger partial charge in [-0.2, -0.15) is 0 Å². The van der Waals surface area contributed by atoms with Crippen molar-refractivity contribution in [3.05, 3.63) is 77.2 Å². The molecule has 0 aromatic heterocycles. The Balaban J connectivity index is 1.98. The fourth-order valence-corrected chi connectivity index (χ4v) is 2.36. The van der Waals surface area contributed by atoms with Crippen LogP contribution in [0.15, 0.2) is 66.1 Å². The number of rotatable bonds is 5. The molecule has 3 nitrogen and oxygen atoms in total. The van der Waals surface area contributed by atoms with Crippen molar-refractivity contribution in [3.8, 4) is 0 Å². The zero-order valence-corrected chi connectivity index (χ0v) is 11.2. The lowest BCUT2D eigenvalue weighted by molar-refractivity contribution is 0.591. The summed E-state index contributed by atoms with van der Waals surface area (Å²) in [5.74, 6) is 0. The molecule has 98 valence electrons. The Morgan fingerprint density at radius 2 is 1.47 bits per heavy atom. The molecule has 2 aromatic rings. The van der Waals surface area contributed by atoms with E-state index >= 15 is 0 Å². The van der Waals surface area contributed by atoms with Crippen molar-refractivity contribution in [2.75, 3.05) is 0 Å². The van der Waals surface area contributed by atoms with Gasteiger partial charge in [-0.3, -0.25) is 0 Å². The van der Waals surface area contributed by atoms with Crippen molar-refractivity contribution in [3.63, 3.8) is 0 Å². The van der Waals surface area contributed by atoms with E-state index in [-0.39, 0.29) is 0 Å². The predicted octanol–water partition coefficient (Wildman–Crippen LogP) is 2.78. The topological polar surface area (TPSA) is 46.2 Å². The standard InChI is InChI=1S/C15H15NO2S/c17-19(18,12-11-14-7-3-1-4-8-14)16-13-15-9-5-2-6-10-15/h1-12,16H,13H2. The lowest BCUT2D eigenvalue weighted by Crippen LogP contribution is -2.20. The van der Waals surface area contributed by atoms with Crippen LogP contribution in [0.2, 0.25) is 0 Å². The highest BCUT2D eigenvalue weighted by Crippen LogP contribution is 2.04. The summed E-state index contributed by atoms with van der Waals surface area (Å²) >= 11 is 0.